The lowest BCUT2D eigenvalue weighted by molar-refractivity contribution is 0.102. The molecule has 144 valence electrons. The van der Waals surface area contributed by atoms with E-state index in [0.717, 1.165) is 16.9 Å². The van der Waals surface area contributed by atoms with Crippen LogP contribution in [0.5, 0.6) is 5.75 Å². The molecule has 0 bridgehead atoms. The van der Waals surface area contributed by atoms with Crippen molar-refractivity contribution in [3.8, 4) is 28.6 Å². The molecule has 1 amide bonds. The van der Waals surface area contributed by atoms with Crippen molar-refractivity contribution in [1.29, 1.82) is 0 Å². The van der Waals surface area contributed by atoms with Crippen LogP contribution in [0.15, 0.2) is 77.3 Å². The van der Waals surface area contributed by atoms with Gasteiger partial charge < -0.3 is 14.6 Å². The highest BCUT2D eigenvalue weighted by Crippen LogP contribution is 2.29. The minimum absolute atomic E-state index is 0.198. The van der Waals surface area contributed by atoms with Gasteiger partial charge in [-0.2, -0.15) is 4.98 Å². The van der Waals surface area contributed by atoms with Gasteiger partial charge in [0.25, 0.3) is 11.8 Å². The molecule has 1 aromatic heterocycles. The van der Waals surface area contributed by atoms with E-state index in [1.165, 1.54) is 0 Å². The molecule has 0 aliphatic rings. The summed E-state index contributed by atoms with van der Waals surface area (Å²) in [7, 11) is 1.61. The summed E-state index contributed by atoms with van der Waals surface area (Å²) in [4.78, 5) is 17.1. The predicted octanol–water partition coefficient (Wildman–Crippen LogP) is 4.97. The number of carbonyl (C=O) groups excluding carboxylic acids is 1. The lowest BCUT2D eigenvalue weighted by Crippen LogP contribution is -2.12. The summed E-state index contributed by atoms with van der Waals surface area (Å²) >= 11 is 0. The molecule has 1 N–H and O–H groups in total. The Morgan fingerprint density at radius 2 is 1.79 bits per heavy atom. The minimum Gasteiger partial charge on any atom is -0.497 e. The van der Waals surface area contributed by atoms with Gasteiger partial charge in [-0.25, -0.2) is 0 Å². The van der Waals surface area contributed by atoms with Crippen LogP contribution in [0.2, 0.25) is 0 Å². The first-order chi connectivity index (χ1) is 14.1. The Morgan fingerprint density at radius 3 is 2.55 bits per heavy atom. The molecule has 29 heavy (non-hydrogen) atoms. The van der Waals surface area contributed by atoms with E-state index in [-0.39, 0.29) is 5.91 Å². The quantitative estimate of drug-likeness (QED) is 0.525. The number of ether oxygens (including phenoxy) is 1. The van der Waals surface area contributed by atoms with Crippen molar-refractivity contribution in [2.45, 2.75) is 6.92 Å². The van der Waals surface area contributed by atoms with Crippen LogP contribution < -0.4 is 10.1 Å². The summed E-state index contributed by atoms with van der Waals surface area (Å²) in [6.07, 6.45) is 0. The number of nitrogens with one attached hydrogen (secondary N) is 1. The van der Waals surface area contributed by atoms with Crippen molar-refractivity contribution in [2.24, 2.45) is 0 Å². The lowest BCUT2D eigenvalue weighted by Gasteiger charge is -2.09. The number of hydrogen-bond donors (Lipinski definition) is 1. The van der Waals surface area contributed by atoms with Gasteiger partial charge in [-0.1, -0.05) is 35.0 Å². The number of nitrogens with zero attached hydrogens (tertiary/aromatic N) is 2. The number of methoxy groups -OCH3 is 1. The molecule has 6 heteroatoms. The van der Waals surface area contributed by atoms with Gasteiger partial charge >= 0.3 is 0 Å². The van der Waals surface area contributed by atoms with E-state index in [1.54, 1.807) is 19.2 Å². The molecule has 0 aliphatic heterocycles. The Hall–Kier alpha value is -3.93. The van der Waals surface area contributed by atoms with Gasteiger partial charge in [0.15, 0.2) is 0 Å². The average molecular weight is 385 g/mol. The number of aromatic nitrogens is 2. The SMILES string of the molecule is COc1ccc(-c2noc(-c3ccccc3NC(=O)c3cccc(C)c3)n2)cc1. The summed E-state index contributed by atoms with van der Waals surface area (Å²) in [6.45, 7) is 1.95. The van der Waals surface area contributed by atoms with E-state index >= 15 is 0 Å². The van der Waals surface area contributed by atoms with E-state index in [9.17, 15) is 4.79 Å². The molecule has 0 radical (unpaired) electrons. The number of carbonyl (C=O) groups is 1. The molecule has 0 aliphatic carbocycles. The van der Waals surface area contributed by atoms with Crippen LogP contribution in [0.25, 0.3) is 22.8 Å². The second-order valence-electron chi connectivity index (χ2n) is 6.52. The molecule has 4 aromatic rings. The fourth-order valence-electron chi connectivity index (χ4n) is 2.95. The van der Waals surface area contributed by atoms with Crippen molar-refractivity contribution >= 4 is 11.6 Å². The molecule has 0 spiro atoms. The van der Waals surface area contributed by atoms with E-state index in [2.05, 4.69) is 15.5 Å². The molecule has 0 unspecified atom stereocenters. The molecule has 0 saturated carbocycles. The molecular weight excluding hydrogens is 366 g/mol. The molecule has 1 heterocycles. The molecule has 6 nitrogen and oxygen atoms in total. The topological polar surface area (TPSA) is 77.3 Å². The Bertz CT molecular complexity index is 1150. The van der Waals surface area contributed by atoms with E-state index in [0.29, 0.717) is 28.5 Å². The van der Waals surface area contributed by atoms with Gasteiger partial charge in [-0.15, -0.1) is 0 Å². The highest BCUT2D eigenvalue weighted by atomic mass is 16.5. The average Bonchev–Trinajstić information content (AvgIpc) is 3.24. The van der Waals surface area contributed by atoms with Crippen LogP contribution in [0.3, 0.4) is 0 Å². The number of anilines is 1. The van der Waals surface area contributed by atoms with E-state index < -0.39 is 0 Å². The van der Waals surface area contributed by atoms with Crippen LogP contribution >= 0.6 is 0 Å². The van der Waals surface area contributed by atoms with Crippen molar-refractivity contribution in [1.82, 2.24) is 10.1 Å². The third kappa shape index (κ3) is 4.01. The van der Waals surface area contributed by atoms with Gasteiger partial charge in [0.2, 0.25) is 5.82 Å². The van der Waals surface area contributed by atoms with Crippen molar-refractivity contribution < 1.29 is 14.1 Å². The fourth-order valence-corrected chi connectivity index (χ4v) is 2.95. The van der Waals surface area contributed by atoms with E-state index in [4.69, 9.17) is 9.26 Å². The first-order valence-corrected chi connectivity index (χ1v) is 9.09. The number of para-hydroxylation sites is 1. The molecule has 3 aromatic carbocycles. The van der Waals surface area contributed by atoms with Crippen molar-refractivity contribution in [2.75, 3.05) is 12.4 Å². The lowest BCUT2D eigenvalue weighted by atomic mass is 10.1. The Morgan fingerprint density at radius 1 is 1.00 bits per heavy atom. The Kier molecular flexibility index (Phi) is 5.07. The van der Waals surface area contributed by atoms with Crippen LogP contribution in [0.1, 0.15) is 15.9 Å². The molecule has 0 atom stereocenters. The maximum absolute atomic E-state index is 12.6. The minimum atomic E-state index is -0.198. The number of hydrogen-bond acceptors (Lipinski definition) is 5. The monoisotopic (exact) mass is 385 g/mol. The molecule has 0 fully saturated rings. The largest absolute Gasteiger partial charge is 0.497 e. The van der Waals surface area contributed by atoms with Gasteiger partial charge in [-0.3, -0.25) is 4.79 Å². The zero-order valence-corrected chi connectivity index (χ0v) is 16.0. The maximum atomic E-state index is 12.6. The van der Waals surface area contributed by atoms with Crippen molar-refractivity contribution in [3.05, 3.63) is 83.9 Å². The summed E-state index contributed by atoms with van der Waals surface area (Å²) in [6, 6.07) is 22.1. The number of amides is 1. The predicted molar refractivity (Wildman–Crippen MR) is 111 cm³/mol. The van der Waals surface area contributed by atoms with Crippen molar-refractivity contribution in [3.63, 3.8) is 0 Å². The first kappa shape index (κ1) is 18.4. The third-order valence-electron chi connectivity index (χ3n) is 4.46. The smallest absolute Gasteiger partial charge is 0.260 e. The number of rotatable bonds is 5. The number of aryl methyl sites for hydroxylation is 1. The maximum Gasteiger partial charge on any atom is 0.260 e. The van der Waals surface area contributed by atoms with Gasteiger partial charge in [0, 0.05) is 11.1 Å². The molecular formula is C23H19N3O3. The first-order valence-electron chi connectivity index (χ1n) is 9.09. The molecule has 0 saturated heterocycles. The highest BCUT2D eigenvalue weighted by molar-refractivity contribution is 6.06. The molecule has 4 rings (SSSR count). The number of benzene rings is 3. The van der Waals surface area contributed by atoms with Gasteiger partial charge in [0.05, 0.1) is 18.4 Å². The summed E-state index contributed by atoms with van der Waals surface area (Å²) in [5, 5.41) is 7.00. The highest BCUT2D eigenvalue weighted by Gasteiger charge is 2.16. The van der Waals surface area contributed by atoms with Crippen LogP contribution in [0, 0.1) is 6.92 Å². The van der Waals surface area contributed by atoms with Gasteiger partial charge in [-0.05, 0) is 55.5 Å². The zero-order chi connectivity index (χ0) is 20.2. The van der Waals surface area contributed by atoms with Crippen LogP contribution in [-0.4, -0.2) is 23.2 Å². The fraction of sp³-hybridized carbons (Fsp3) is 0.0870. The Labute approximate surface area is 168 Å². The van der Waals surface area contributed by atoms with Gasteiger partial charge in [0.1, 0.15) is 5.75 Å². The Balaban J connectivity index is 1.61. The van der Waals surface area contributed by atoms with E-state index in [1.807, 2.05) is 67.6 Å². The third-order valence-corrected chi connectivity index (χ3v) is 4.46. The second kappa shape index (κ2) is 7.98. The standard InChI is InChI=1S/C23H19N3O3/c1-15-6-5-7-17(14-15)22(27)24-20-9-4-3-8-19(20)23-25-21(26-29-23)16-10-12-18(28-2)13-11-16/h3-14H,1-2H3,(H,24,27). The summed E-state index contributed by atoms with van der Waals surface area (Å²) in [5.74, 6) is 1.34. The summed E-state index contributed by atoms with van der Waals surface area (Å²) in [5.41, 5.74) is 3.67. The zero-order valence-electron chi connectivity index (χ0n) is 16.0. The normalized spacial score (nSPS) is 10.6. The second-order valence-corrected chi connectivity index (χ2v) is 6.52. The van der Waals surface area contributed by atoms with Crippen LogP contribution in [0.4, 0.5) is 5.69 Å². The summed E-state index contributed by atoms with van der Waals surface area (Å²) < 4.78 is 10.6. The van der Waals surface area contributed by atoms with Crippen LogP contribution in [-0.2, 0) is 0 Å².